The Hall–Kier alpha value is -6.78. The highest BCUT2D eigenvalue weighted by atomic mass is 16.3. The molecule has 1 aromatic heterocycles. The highest BCUT2D eigenvalue weighted by molar-refractivity contribution is 7.00. The first-order valence-corrected chi connectivity index (χ1v) is 22.3. The van der Waals surface area contributed by atoms with E-state index in [2.05, 4.69) is 215 Å². The van der Waals surface area contributed by atoms with E-state index in [0.717, 1.165) is 40.5 Å². The average molecular weight is 801 g/mol. The molecule has 0 atom stereocenters. The zero-order valence-corrected chi connectivity index (χ0v) is 36.4. The van der Waals surface area contributed by atoms with Crippen molar-refractivity contribution in [3.63, 3.8) is 0 Å². The normalized spacial score (nSPS) is 15.6. The third kappa shape index (κ3) is 5.45. The van der Waals surface area contributed by atoms with Gasteiger partial charge in [0.05, 0.1) is 11.1 Å². The molecule has 0 amide bonds. The molecule has 9 aromatic rings. The second kappa shape index (κ2) is 13.4. The van der Waals surface area contributed by atoms with Crippen LogP contribution in [0.2, 0.25) is 0 Å². The van der Waals surface area contributed by atoms with E-state index < -0.39 is 0 Å². The summed E-state index contributed by atoms with van der Waals surface area (Å²) in [6, 6.07) is 61.1. The highest BCUT2D eigenvalue weighted by Crippen LogP contribution is 2.52. The Morgan fingerprint density at radius 3 is 1.69 bits per heavy atom. The van der Waals surface area contributed by atoms with Crippen LogP contribution >= 0.6 is 0 Å². The van der Waals surface area contributed by atoms with Crippen molar-refractivity contribution >= 4 is 79.2 Å². The summed E-state index contributed by atoms with van der Waals surface area (Å²) in [5.74, 6) is 0. The Morgan fingerprint density at radius 2 is 1.02 bits per heavy atom. The van der Waals surface area contributed by atoms with Crippen LogP contribution in [0, 0.1) is 13.8 Å². The minimum Gasteiger partial charge on any atom is -0.456 e. The van der Waals surface area contributed by atoms with Crippen molar-refractivity contribution in [2.45, 2.75) is 65.2 Å². The van der Waals surface area contributed by atoms with Crippen molar-refractivity contribution in [2.24, 2.45) is 0 Å². The molecule has 12 rings (SSSR count). The largest absolute Gasteiger partial charge is 0.456 e. The molecule has 62 heavy (non-hydrogen) atoms. The lowest BCUT2D eigenvalue weighted by molar-refractivity contribution is 0.332. The topological polar surface area (TPSA) is 19.6 Å². The van der Waals surface area contributed by atoms with Gasteiger partial charge in [0.15, 0.2) is 0 Å². The van der Waals surface area contributed by atoms with Gasteiger partial charge in [-0.05, 0) is 153 Å². The minimum atomic E-state index is -0.00269. The molecule has 0 saturated carbocycles. The Kier molecular flexibility index (Phi) is 7.98. The van der Waals surface area contributed by atoms with Crippen LogP contribution in [-0.4, -0.2) is 6.71 Å². The number of para-hydroxylation sites is 1. The highest BCUT2D eigenvalue weighted by Gasteiger charge is 2.47. The standard InChI is InChI=1S/C58H49BN2O/c1-36-30-51-56-52(31-36)61(49-21-15-23-54-55(49)42-20-13-14-22-53(42)62-54)48-27-25-41(39-18-11-8-12-19-39)33-45(48)59(56)46-34-43-44(58(5,6)29-28-57(43,3)4)35-50(46)60(51)47-26-24-40(32-37(47)2)38-16-9-7-10-17-38/h7-27,30-35H,28-29H2,1-6H3. The van der Waals surface area contributed by atoms with Gasteiger partial charge >= 0.3 is 0 Å². The molecule has 0 spiro atoms. The fourth-order valence-corrected chi connectivity index (χ4v) is 11.2. The van der Waals surface area contributed by atoms with Crippen LogP contribution in [0.5, 0.6) is 0 Å². The molecule has 8 aromatic carbocycles. The van der Waals surface area contributed by atoms with Crippen molar-refractivity contribution in [1.29, 1.82) is 0 Å². The van der Waals surface area contributed by atoms with Gasteiger partial charge in [-0.3, -0.25) is 0 Å². The van der Waals surface area contributed by atoms with E-state index >= 15 is 0 Å². The van der Waals surface area contributed by atoms with Crippen LogP contribution in [0.3, 0.4) is 0 Å². The predicted octanol–water partition coefficient (Wildman–Crippen LogP) is 14.0. The molecule has 0 bridgehead atoms. The van der Waals surface area contributed by atoms with Gasteiger partial charge < -0.3 is 14.2 Å². The smallest absolute Gasteiger partial charge is 0.252 e. The zero-order valence-electron chi connectivity index (χ0n) is 36.4. The SMILES string of the molecule is Cc1cc2c3c(c1)N(c1cccc4oc5ccccc5c14)c1ccc(-c4ccccc4)cc1B3c1cc3c(cc1N2c1ccc(-c2ccccc2)cc1C)C(C)(C)CCC3(C)C. The summed E-state index contributed by atoms with van der Waals surface area (Å²) in [4.78, 5) is 5.18. The molecule has 300 valence electrons. The number of aryl methyl sites for hydroxylation is 2. The van der Waals surface area contributed by atoms with Crippen molar-refractivity contribution < 1.29 is 4.42 Å². The monoisotopic (exact) mass is 800 g/mol. The maximum absolute atomic E-state index is 6.57. The summed E-state index contributed by atoms with van der Waals surface area (Å²) in [5.41, 5.74) is 23.5. The molecule has 4 heteroatoms. The van der Waals surface area contributed by atoms with Gasteiger partial charge in [-0.25, -0.2) is 0 Å². The maximum atomic E-state index is 6.57. The second-order valence-electron chi connectivity index (χ2n) is 19.3. The number of furan rings is 1. The van der Waals surface area contributed by atoms with Crippen molar-refractivity contribution in [2.75, 3.05) is 9.80 Å². The Morgan fingerprint density at radius 1 is 0.452 bits per heavy atom. The maximum Gasteiger partial charge on any atom is 0.252 e. The first kappa shape index (κ1) is 37.0. The van der Waals surface area contributed by atoms with Gasteiger partial charge in [0.25, 0.3) is 6.71 Å². The van der Waals surface area contributed by atoms with Gasteiger partial charge in [0.2, 0.25) is 0 Å². The molecule has 0 fully saturated rings. The molecule has 3 heterocycles. The Labute approximate surface area is 365 Å². The molecule has 3 aliphatic rings. The molecule has 0 saturated heterocycles. The van der Waals surface area contributed by atoms with E-state index in [1.54, 1.807) is 0 Å². The molecule has 0 radical (unpaired) electrons. The molecule has 0 N–H and O–H groups in total. The van der Waals surface area contributed by atoms with Crippen LogP contribution in [0.4, 0.5) is 34.1 Å². The van der Waals surface area contributed by atoms with E-state index in [1.807, 2.05) is 0 Å². The minimum absolute atomic E-state index is 0.00269. The summed E-state index contributed by atoms with van der Waals surface area (Å²) in [5, 5.41) is 2.26. The number of hydrogen-bond donors (Lipinski definition) is 0. The fourth-order valence-electron chi connectivity index (χ4n) is 11.2. The Balaban J connectivity index is 1.20. The molecule has 0 unspecified atom stereocenters. The second-order valence-corrected chi connectivity index (χ2v) is 19.3. The lowest BCUT2D eigenvalue weighted by Gasteiger charge is -2.47. The predicted molar refractivity (Wildman–Crippen MR) is 263 cm³/mol. The van der Waals surface area contributed by atoms with Crippen LogP contribution < -0.4 is 26.2 Å². The number of anilines is 6. The Bertz CT molecular complexity index is 3290. The van der Waals surface area contributed by atoms with Crippen molar-refractivity contribution in [3.8, 4) is 22.3 Å². The van der Waals surface area contributed by atoms with Crippen LogP contribution in [0.1, 0.15) is 62.8 Å². The van der Waals surface area contributed by atoms with Gasteiger partial charge in [-0.2, -0.15) is 0 Å². The van der Waals surface area contributed by atoms with Crippen LogP contribution in [0.15, 0.2) is 168 Å². The van der Waals surface area contributed by atoms with E-state index in [4.69, 9.17) is 4.42 Å². The average Bonchev–Trinajstić information content (AvgIpc) is 3.67. The third-order valence-electron chi connectivity index (χ3n) is 14.5. The van der Waals surface area contributed by atoms with E-state index in [9.17, 15) is 0 Å². The van der Waals surface area contributed by atoms with Gasteiger partial charge in [-0.1, -0.05) is 137 Å². The summed E-state index contributed by atoms with van der Waals surface area (Å²) in [6.45, 7) is 14.4. The molecular formula is C58H49BN2O. The van der Waals surface area contributed by atoms with Gasteiger partial charge in [0.1, 0.15) is 11.2 Å². The van der Waals surface area contributed by atoms with Crippen LogP contribution in [0.25, 0.3) is 44.2 Å². The summed E-state index contributed by atoms with van der Waals surface area (Å²) < 4.78 is 6.57. The van der Waals surface area contributed by atoms with Gasteiger partial charge in [0, 0.05) is 33.8 Å². The van der Waals surface area contributed by atoms with Gasteiger partial charge in [-0.15, -0.1) is 0 Å². The fraction of sp³-hybridized carbons (Fsp3) is 0.172. The number of benzene rings is 8. The first-order valence-electron chi connectivity index (χ1n) is 22.3. The van der Waals surface area contributed by atoms with E-state index in [0.29, 0.717) is 0 Å². The van der Waals surface area contributed by atoms with Crippen LogP contribution in [-0.2, 0) is 10.8 Å². The molecule has 1 aliphatic carbocycles. The summed E-state index contributed by atoms with van der Waals surface area (Å²) in [7, 11) is 0. The number of fused-ring (bicyclic) bond motifs is 8. The lowest BCUT2D eigenvalue weighted by atomic mass is 9.33. The number of hydrogen-bond acceptors (Lipinski definition) is 3. The number of nitrogens with zero attached hydrogens (tertiary/aromatic N) is 2. The zero-order chi connectivity index (χ0) is 42.1. The van der Waals surface area contributed by atoms with Crippen molar-refractivity contribution in [1.82, 2.24) is 0 Å². The summed E-state index contributed by atoms with van der Waals surface area (Å²) >= 11 is 0. The van der Waals surface area contributed by atoms with E-state index in [1.165, 1.54) is 89.3 Å². The quantitative estimate of drug-likeness (QED) is 0.165. The lowest BCUT2D eigenvalue weighted by Crippen LogP contribution is -2.62. The molecule has 3 nitrogen and oxygen atoms in total. The summed E-state index contributed by atoms with van der Waals surface area (Å²) in [6.07, 6.45) is 2.32. The van der Waals surface area contributed by atoms with Crippen molar-refractivity contribution in [3.05, 3.63) is 186 Å². The third-order valence-corrected chi connectivity index (χ3v) is 14.5. The first-order chi connectivity index (χ1) is 30.1. The molecular weight excluding hydrogens is 751 g/mol. The molecule has 2 aliphatic heterocycles. The van der Waals surface area contributed by atoms with E-state index in [-0.39, 0.29) is 17.5 Å². The number of rotatable bonds is 4.